The third-order valence-corrected chi connectivity index (χ3v) is 6.96. The predicted octanol–water partition coefficient (Wildman–Crippen LogP) is 4.24. The molecule has 4 N–H and O–H groups in total. The van der Waals surface area contributed by atoms with Gasteiger partial charge in [-0.3, -0.25) is 20.1 Å². The average Bonchev–Trinajstić information content (AvgIpc) is 2.79. The van der Waals surface area contributed by atoms with E-state index < -0.39 is 0 Å². The number of nitrogen functional groups attached to an aromatic ring is 1. The molecule has 0 amide bonds. The van der Waals surface area contributed by atoms with Crippen molar-refractivity contribution in [1.82, 2.24) is 19.9 Å². The van der Waals surface area contributed by atoms with Crippen molar-refractivity contribution >= 4 is 16.9 Å². The van der Waals surface area contributed by atoms with E-state index in [-0.39, 0.29) is 11.4 Å². The fourth-order valence-electron chi connectivity index (χ4n) is 5.34. The van der Waals surface area contributed by atoms with E-state index in [1.54, 1.807) is 18.3 Å². The zero-order valence-corrected chi connectivity index (χ0v) is 19.8. The molecule has 4 rings (SSSR count). The number of likely N-dealkylation sites (tertiary alicyclic amines) is 1. The van der Waals surface area contributed by atoms with Crippen molar-refractivity contribution in [2.75, 3.05) is 0 Å². The summed E-state index contributed by atoms with van der Waals surface area (Å²) in [4.78, 5) is 27.4. The summed E-state index contributed by atoms with van der Waals surface area (Å²) in [6, 6.07) is 11.2. The van der Waals surface area contributed by atoms with Gasteiger partial charge in [0, 0.05) is 29.9 Å². The Hall–Kier alpha value is -3.06. The van der Waals surface area contributed by atoms with Gasteiger partial charge in [-0.1, -0.05) is 18.6 Å². The van der Waals surface area contributed by atoms with E-state index in [1.807, 2.05) is 12.1 Å². The molecule has 0 saturated carbocycles. The zero-order valence-electron chi connectivity index (χ0n) is 19.8. The van der Waals surface area contributed by atoms with Gasteiger partial charge in [0.25, 0.3) is 5.56 Å². The van der Waals surface area contributed by atoms with Crippen molar-refractivity contribution in [3.8, 4) is 11.3 Å². The van der Waals surface area contributed by atoms with Crippen molar-refractivity contribution in [3.63, 3.8) is 0 Å². The van der Waals surface area contributed by atoms with Gasteiger partial charge in [-0.2, -0.15) is 0 Å². The number of H-pyrrole nitrogens is 1. The van der Waals surface area contributed by atoms with Crippen molar-refractivity contribution < 1.29 is 0 Å². The van der Waals surface area contributed by atoms with Gasteiger partial charge in [0.05, 0.1) is 11.0 Å². The molecule has 1 aliphatic rings. The lowest BCUT2D eigenvalue weighted by atomic mass is 9.93. The molecule has 174 valence electrons. The highest BCUT2D eigenvalue weighted by Gasteiger charge is 2.28. The average molecular weight is 447 g/mol. The minimum atomic E-state index is -0.250. The number of aromatic nitrogens is 3. The number of piperidine rings is 1. The van der Waals surface area contributed by atoms with Crippen LogP contribution in [0.5, 0.6) is 0 Å². The number of aryl methyl sites for hydroxylation is 1. The van der Waals surface area contributed by atoms with Crippen LogP contribution in [-0.2, 0) is 6.42 Å². The van der Waals surface area contributed by atoms with Crippen molar-refractivity contribution in [2.45, 2.75) is 77.4 Å². The first kappa shape index (κ1) is 23.1. The third-order valence-electron chi connectivity index (χ3n) is 6.96. The van der Waals surface area contributed by atoms with E-state index in [0.717, 1.165) is 35.9 Å². The number of hydrogen-bond donors (Lipinski definition) is 3. The highest BCUT2D eigenvalue weighted by molar-refractivity contribution is 5.94. The van der Waals surface area contributed by atoms with Gasteiger partial charge in [0.2, 0.25) is 0 Å². The van der Waals surface area contributed by atoms with Gasteiger partial charge < -0.3 is 10.7 Å². The quantitative estimate of drug-likeness (QED) is 0.371. The number of pyridine rings is 1. The Kier molecular flexibility index (Phi) is 6.88. The van der Waals surface area contributed by atoms with Crippen LogP contribution in [0, 0.1) is 5.41 Å². The minimum Gasteiger partial charge on any atom is -0.382 e. The van der Waals surface area contributed by atoms with Crippen molar-refractivity contribution in [2.24, 2.45) is 5.73 Å². The number of para-hydroxylation sites is 1. The maximum Gasteiger partial charge on any atom is 0.274 e. The molecule has 1 saturated heterocycles. The monoisotopic (exact) mass is 446 g/mol. The molecule has 7 heteroatoms. The Morgan fingerprint density at radius 3 is 2.76 bits per heavy atom. The van der Waals surface area contributed by atoms with Crippen LogP contribution < -0.4 is 11.3 Å². The van der Waals surface area contributed by atoms with E-state index >= 15 is 0 Å². The number of amidine groups is 1. The van der Waals surface area contributed by atoms with E-state index in [9.17, 15) is 4.79 Å². The second-order valence-corrected chi connectivity index (χ2v) is 9.39. The molecule has 1 aromatic carbocycles. The van der Waals surface area contributed by atoms with E-state index in [2.05, 4.69) is 46.7 Å². The first-order valence-electron chi connectivity index (χ1n) is 12.0. The lowest BCUT2D eigenvalue weighted by molar-refractivity contribution is 0.0580. The van der Waals surface area contributed by atoms with Gasteiger partial charge >= 0.3 is 0 Å². The van der Waals surface area contributed by atoms with Crippen molar-refractivity contribution in [1.29, 1.82) is 5.41 Å². The summed E-state index contributed by atoms with van der Waals surface area (Å²) in [6.07, 6.45) is 8.55. The maximum atomic E-state index is 12.9. The van der Waals surface area contributed by atoms with E-state index in [1.165, 1.54) is 19.3 Å². The van der Waals surface area contributed by atoms with Crippen LogP contribution in [0.3, 0.4) is 0 Å². The summed E-state index contributed by atoms with van der Waals surface area (Å²) >= 11 is 0. The van der Waals surface area contributed by atoms with Gasteiger partial charge in [0.1, 0.15) is 17.2 Å². The molecule has 2 aromatic heterocycles. The molecule has 7 nitrogen and oxygen atoms in total. The standard InChI is InChI=1S/C26H34N6O/c1-16-7-4-8-17(2)32(16)18(3)9-5-10-19-11-6-12-21-23(19)31-26(33)24(30-21)20-13-14-29-22(15-20)25(27)28/h6,11-18H,4-5,7-10H2,1-3H3,(H3,27,28)(H,31,33). The molecule has 0 bridgehead atoms. The fourth-order valence-corrected chi connectivity index (χ4v) is 5.34. The third kappa shape index (κ3) is 4.98. The SMILES string of the molecule is CC(CCCc1cccc2nc(-c3ccnc(C(=N)N)c3)c(=O)[nH]c12)N1C(C)CCCC1C. The van der Waals surface area contributed by atoms with Gasteiger partial charge in [-0.15, -0.1) is 0 Å². The number of hydrogen-bond acceptors (Lipinski definition) is 5. The van der Waals surface area contributed by atoms with Gasteiger partial charge in [-0.25, -0.2) is 4.98 Å². The largest absolute Gasteiger partial charge is 0.382 e. The second kappa shape index (κ2) is 9.83. The van der Waals surface area contributed by atoms with Crippen LogP contribution >= 0.6 is 0 Å². The summed E-state index contributed by atoms with van der Waals surface area (Å²) in [5.41, 5.74) is 9.22. The van der Waals surface area contributed by atoms with Crippen LogP contribution in [0.25, 0.3) is 22.3 Å². The van der Waals surface area contributed by atoms with Crippen LogP contribution in [0.15, 0.2) is 41.3 Å². The number of rotatable bonds is 7. The molecule has 3 atom stereocenters. The minimum absolute atomic E-state index is 0.140. The van der Waals surface area contributed by atoms with Gasteiger partial charge in [0.15, 0.2) is 0 Å². The Labute approximate surface area is 195 Å². The number of nitrogens with two attached hydrogens (primary N) is 1. The molecule has 1 aliphatic heterocycles. The fraction of sp³-hybridized carbons (Fsp3) is 0.462. The van der Waals surface area contributed by atoms with Crippen molar-refractivity contribution in [3.05, 3.63) is 58.1 Å². The summed E-state index contributed by atoms with van der Waals surface area (Å²) in [6.45, 7) is 7.06. The lowest BCUT2D eigenvalue weighted by Gasteiger charge is -2.43. The molecule has 3 unspecified atom stereocenters. The predicted molar refractivity (Wildman–Crippen MR) is 134 cm³/mol. The first-order chi connectivity index (χ1) is 15.8. The highest BCUT2D eigenvalue weighted by atomic mass is 16.1. The molecule has 0 aliphatic carbocycles. The lowest BCUT2D eigenvalue weighted by Crippen LogP contribution is -2.48. The Morgan fingerprint density at radius 2 is 2.03 bits per heavy atom. The molecule has 3 heterocycles. The molecule has 33 heavy (non-hydrogen) atoms. The van der Waals surface area contributed by atoms with Crippen LogP contribution in [0.4, 0.5) is 0 Å². The zero-order chi connectivity index (χ0) is 23.5. The number of aromatic amines is 1. The molecule has 1 fully saturated rings. The molecular weight excluding hydrogens is 412 g/mol. The van der Waals surface area contributed by atoms with Crippen LogP contribution in [0.1, 0.15) is 64.1 Å². The first-order valence-corrected chi connectivity index (χ1v) is 12.0. The van der Waals surface area contributed by atoms with Crippen LogP contribution in [0.2, 0.25) is 0 Å². The number of nitrogens with one attached hydrogen (secondary N) is 2. The van der Waals surface area contributed by atoms with Crippen LogP contribution in [-0.4, -0.2) is 43.8 Å². The topological polar surface area (TPSA) is 112 Å². The summed E-state index contributed by atoms with van der Waals surface area (Å²) in [5, 5.41) is 7.60. The maximum absolute atomic E-state index is 12.9. The Balaban J connectivity index is 1.53. The summed E-state index contributed by atoms with van der Waals surface area (Å²) in [5.74, 6) is -0.140. The Bertz CT molecular complexity index is 1190. The molecule has 0 spiro atoms. The summed E-state index contributed by atoms with van der Waals surface area (Å²) < 4.78 is 0. The smallest absolute Gasteiger partial charge is 0.274 e. The number of nitrogens with zero attached hydrogens (tertiary/aromatic N) is 3. The molecule has 3 aromatic rings. The second-order valence-electron chi connectivity index (χ2n) is 9.39. The van der Waals surface area contributed by atoms with E-state index in [4.69, 9.17) is 11.1 Å². The van der Waals surface area contributed by atoms with E-state index in [0.29, 0.717) is 35.1 Å². The number of fused-ring (bicyclic) bond motifs is 1. The highest BCUT2D eigenvalue weighted by Crippen LogP contribution is 2.27. The Morgan fingerprint density at radius 1 is 1.27 bits per heavy atom. The summed E-state index contributed by atoms with van der Waals surface area (Å²) in [7, 11) is 0. The molecular formula is C26H34N6O. The molecule has 0 radical (unpaired) electrons. The normalized spacial score (nSPS) is 20.1. The number of benzene rings is 1. The van der Waals surface area contributed by atoms with Gasteiger partial charge in [-0.05, 0) is 76.6 Å².